The maximum absolute atomic E-state index is 10.5. The van der Waals surface area contributed by atoms with E-state index in [0.717, 1.165) is 61.7 Å². The largest absolute Gasteiger partial charge is 0.494 e. The van der Waals surface area contributed by atoms with Crippen molar-refractivity contribution in [3.63, 3.8) is 0 Å². The molecule has 0 radical (unpaired) electrons. The number of nitrogens with one attached hydrogen (secondary N) is 1. The fourth-order valence-electron chi connectivity index (χ4n) is 4.19. The van der Waals surface area contributed by atoms with Crippen molar-refractivity contribution in [3.05, 3.63) is 48.4 Å². The number of hydrogen-bond donors (Lipinski definition) is 2. The Bertz CT molecular complexity index is 941. The third-order valence-corrected chi connectivity index (χ3v) is 6.43. The van der Waals surface area contributed by atoms with E-state index < -0.39 is 12.4 Å². The third-order valence-electron chi connectivity index (χ3n) is 6.16. The molecule has 2 N–H and O–H groups in total. The van der Waals surface area contributed by atoms with Gasteiger partial charge in [-0.25, -0.2) is 4.68 Å². The molecule has 36 heavy (non-hydrogen) atoms. The van der Waals surface area contributed by atoms with Crippen molar-refractivity contribution in [1.29, 1.82) is 0 Å². The molecule has 1 aliphatic heterocycles. The van der Waals surface area contributed by atoms with E-state index in [9.17, 15) is 5.11 Å². The fourth-order valence-corrected chi connectivity index (χ4v) is 4.41. The van der Waals surface area contributed by atoms with Crippen LogP contribution in [0.1, 0.15) is 31.9 Å². The highest BCUT2D eigenvalue weighted by molar-refractivity contribution is 7.09. The Hall–Kier alpha value is -2.07. The first-order chi connectivity index (χ1) is 17.3. The van der Waals surface area contributed by atoms with Gasteiger partial charge >= 0.3 is 0 Å². The Morgan fingerprint density at radius 2 is 2.06 bits per heavy atom. The maximum atomic E-state index is 10.5. The fraction of sp³-hybridized carbons (Fsp3) is 0.600. The van der Waals surface area contributed by atoms with Gasteiger partial charge in [0, 0.05) is 40.8 Å². The number of rotatable bonds is 14. The van der Waals surface area contributed by atoms with Crippen molar-refractivity contribution in [2.24, 2.45) is 0 Å². The summed E-state index contributed by atoms with van der Waals surface area (Å²) in [6.07, 6.45) is 3.08. The van der Waals surface area contributed by atoms with Crippen molar-refractivity contribution < 1.29 is 19.1 Å². The van der Waals surface area contributed by atoms with Crippen LogP contribution in [-0.4, -0.2) is 95.3 Å². The van der Waals surface area contributed by atoms with Crippen LogP contribution < -0.4 is 10.1 Å². The Balaban J connectivity index is 1.31. The minimum Gasteiger partial charge on any atom is -0.494 e. The summed E-state index contributed by atoms with van der Waals surface area (Å²) in [5.41, 5.74) is 2.85. The number of nitrogens with zero attached hydrogens (tertiary/aromatic N) is 5. The summed E-state index contributed by atoms with van der Waals surface area (Å²) in [5, 5.41) is 22.3. The van der Waals surface area contributed by atoms with Crippen molar-refractivity contribution in [2.75, 3.05) is 40.8 Å². The van der Waals surface area contributed by atoms with E-state index in [0.29, 0.717) is 6.61 Å². The molecule has 1 saturated heterocycles. The monoisotopic (exact) mass is 520 g/mol. The van der Waals surface area contributed by atoms with Gasteiger partial charge in [-0.3, -0.25) is 0 Å². The Morgan fingerprint density at radius 1 is 1.31 bits per heavy atom. The van der Waals surface area contributed by atoms with Crippen LogP contribution >= 0.6 is 9.47 Å². The summed E-state index contributed by atoms with van der Waals surface area (Å²) < 4.78 is 18.5. The van der Waals surface area contributed by atoms with Crippen molar-refractivity contribution in [2.45, 2.75) is 57.3 Å². The molecule has 10 nitrogen and oxygen atoms in total. The van der Waals surface area contributed by atoms with Gasteiger partial charge < -0.3 is 34.2 Å². The number of hydrogen-bond acceptors (Lipinski definition) is 9. The van der Waals surface area contributed by atoms with E-state index in [-0.39, 0.29) is 12.1 Å². The van der Waals surface area contributed by atoms with Crippen LogP contribution in [0.25, 0.3) is 5.69 Å². The predicted octanol–water partition coefficient (Wildman–Crippen LogP) is 2.19. The standard InChI is InChI=1S/C25H41N6O4P/c1-18(11-13-30(5)23-15-19(2)34-25(35-36)24(23)32)26-12-6-14-33-22-9-7-21(8-10-22)31-17-20(27-28-31)16-29(3)4/h7-10,17,19,23-26,32H,1,6,11-16,36H2,2-5H3/t19-,23+,24-,25+/m1/s1. The summed E-state index contributed by atoms with van der Waals surface area (Å²) in [6, 6.07) is 7.83. The molecular weight excluding hydrogens is 479 g/mol. The zero-order valence-corrected chi connectivity index (χ0v) is 23.0. The normalized spacial score (nSPS) is 22.2. The molecule has 0 amide bonds. The Morgan fingerprint density at radius 3 is 2.75 bits per heavy atom. The molecule has 2 heterocycles. The van der Waals surface area contributed by atoms with Gasteiger partial charge in [-0.2, -0.15) is 0 Å². The van der Waals surface area contributed by atoms with E-state index in [1.54, 1.807) is 4.68 Å². The average Bonchev–Trinajstić information content (AvgIpc) is 3.31. The minimum atomic E-state index is -0.687. The zero-order chi connectivity index (χ0) is 26.1. The smallest absolute Gasteiger partial charge is 0.188 e. The van der Waals surface area contributed by atoms with Crippen LogP contribution in [0, 0.1) is 0 Å². The highest BCUT2D eigenvalue weighted by atomic mass is 31.0. The first-order valence-corrected chi connectivity index (χ1v) is 12.8. The number of benzene rings is 1. The van der Waals surface area contributed by atoms with Crippen LogP contribution in [-0.2, 0) is 15.8 Å². The van der Waals surface area contributed by atoms with E-state index in [4.69, 9.17) is 14.0 Å². The average molecular weight is 521 g/mol. The second kappa shape index (κ2) is 14.0. The number of aliphatic hydroxyl groups excluding tert-OH is 1. The van der Waals surface area contributed by atoms with Crippen LogP contribution in [0.15, 0.2) is 42.7 Å². The first kappa shape index (κ1) is 28.5. The Kier molecular flexibility index (Phi) is 11.1. The van der Waals surface area contributed by atoms with Crippen LogP contribution in [0.5, 0.6) is 5.75 Å². The van der Waals surface area contributed by atoms with E-state index in [1.165, 1.54) is 0 Å². The van der Waals surface area contributed by atoms with E-state index in [1.807, 2.05) is 58.5 Å². The molecule has 11 heteroatoms. The number of aliphatic hydroxyl groups is 1. The van der Waals surface area contributed by atoms with Gasteiger partial charge in [-0.1, -0.05) is 11.8 Å². The summed E-state index contributed by atoms with van der Waals surface area (Å²) in [6.45, 7) is 9.08. The Labute approximate surface area is 216 Å². The summed E-state index contributed by atoms with van der Waals surface area (Å²) in [4.78, 5) is 4.21. The molecule has 0 aliphatic carbocycles. The molecule has 5 atom stereocenters. The molecule has 1 aliphatic rings. The molecule has 1 aromatic carbocycles. The lowest BCUT2D eigenvalue weighted by molar-refractivity contribution is -0.214. The quantitative estimate of drug-likeness (QED) is 0.287. The summed E-state index contributed by atoms with van der Waals surface area (Å²) in [5.74, 6) is 0.824. The van der Waals surface area contributed by atoms with Crippen molar-refractivity contribution in [1.82, 2.24) is 30.1 Å². The lowest BCUT2D eigenvalue weighted by Gasteiger charge is -2.41. The molecule has 2 aromatic rings. The minimum absolute atomic E-state index is 0.0171. The van der Waals surface area contributed by atoms with Gasteiger partial charge in [0.1, 0.15) is 11.9 Å². The summed E-state index contributed by atoms with van der Waals surface area (Å²) >= 11 is 0. The predicted molar refractivity (Wildman–Crippen MR) is 143 cm³/mol. The number of ether oxygens (including phenoxy) is 2. The zero-order valence-electron chi connectivity index (χ0n) is 21.8. The molecule has 3 rings (SSSR count). The number of aromatic nitrogens is 3. The van der Waals surface area contributed by atoms with Crippen LogP contribution in [0.3, 0.4) is 0 Å². The van der Waals surface area contributed by atoms with E-state index >= 15 is 0 Å². The van der Waals surface area contributed by atoms with Gasteiger partial charge in [0.05, 0.1) is 30.3 Å². The second-order valence-electron chi connectivity index (χ2n) is 9.59. The van der Waals surface area contributed by atoms with Gasteiger partial charge in [0.15, 0.2) is 6.29 Å². The molecule has 1 aromatic heterocycles. The SMILES string of the molecule is C=C(CCN(C)[C@H]1C[C@@H](C)O[C@@H](OP)[C@@H]1O)NCCCOc1ccc(-n2cc(CN(C)C)nn2)cc1. The van der Waals surface area contributed by atoms with E-state index in [2.05, 4.69) is 41.5 Å². The molecule has 1 fully saturated rings. The van der Waals surface area contributed by atoms with Gasteiger partial charge in [-0.15, -0.1) is 5.10 Å². The maximum Gasteiger partial charge on any atom is 0.188 e. The van der Waals surface area contributed by atoms with Crippen LogP contribution in [0.2, 0.25) is 0 Å². The molecule has 1 unspecified atom stereocenters. The van der Waals surface area contributed by atoms with Gasteiger partial charge in [0.25, 0.3) is 0 Å². The molecule has 0 bridgehead atoms. The molecular formula is C25H41N6O4P. The lowest BCUT2D eigenvalue weighted by Crippen LogP contribution is -2.54. The molecule has 0 spiro atoms. The molecule has 200 valence electrons. The van der Waals surface area contributed by atoms with Crippen molar-refractivity contribution >= 4 is 9.47 Å². The number of likely N-dealkylation sites (N-methyl/N-ethyl adjacent to an activating group) is 1. The van der Waals surface area contributed by atoms with Gasteiger partial charge in [0.2, 0.25) is 0 Å². The van der Waals surface area contributed by atoms with Crippen molar-refractivity contribution in [3.8, 4) is 11.4 Å². The third kappa shape index (κ3) is 8.50. The highest BCUT2D eigenvalue weighted by Gasteiger charge is 2.38. The topological polar surface area (TPSA) is 97.1 Å². The van der Waals surface area contributed by atoms with Crippen LogP contribution in [0.4, 0.5) is 0 Å². The first-order valence-electron chi connectivity index (χ1n) is 12.4. The molecule has 0 saturated carbocycles. The highest BCUT2D eigenvalue weighted by Crippen LogP contribution is 2.26. The summed E-state index contributed by atoms with van der Waals surface area (Å²) in [7, 11) is 8.21. The lowest BCUT2D eigenvalue weighted by atomic mass is 9.99. The van der Waals surface area contributed by atoms with Gasteiger partial charge in [-0.05, 0) is 71.6 Å². The second-order valence-corrected chi connectivity index (χ2v) is 9.87.